The molecule has 0 radical (unpaired) electrons. The zero-order chi connectivity index (χ0) is 16.2. The summed E-state index contributed by atoms with van der Waals surface area (Å²) in [6.45, 7) is 4.50. The summed E-state index contributed by atoms with van der Waals surface area (Å²) in [5.41, 5.74) is 0.0647. The number of carbonyl (C=O) groups is 2. The predicted octanol–water partition coefficient (Wildman–Crippen LogP) is 3.05. The van der Waals surface area contributed by atoms with Crippen molar-refractivity contribution >= 4 is 12.1 Å². The molecule has 1 aromatic carbocycles. The highest BCUT2D eigenvalue weighted by Crippen LogP contribution is 2.48. The summed E-state index contributed by atoms with van der Waals surface area (Å²) >= 11 is 0. The third-order valence-corrected chi connectivity index (χ3v) is 4.49. The second-order valence-electron chi connectivity index (χ2n) is 6.41. The Bertz CT molecular complexity index is 521. The van der Waals surface area contributed by atoms with Gasteiger partial charge >= 0.3 is 12.1 Å². The Hall–Kier alpha value is -2.04. The van der Waals surface area contributed by atoms with Crippen LogP contribution in [0.3, 0.4) is 0 Å². The molecular weight excluding hydrogens is 282 g/mol. The van der Waals surface area contributed by atoms with Crippen LogP contribution in [-0.2, 0) is 16.1 Å². The monoisotopic (exact) mass is 305 g/mol. The van der Waals surface area contributed by atoms with Gasteiger partial charge in [0.15, 0.2) is 0 Å². The molecule has 5 nitrogen and oxygen atoms in total. The summed E-state index contributed by atoms with van der Waals surface area (Å²) in [4.78, 5) is 23.2. The maximum atomic E-state index is 11.7. The highest BCUT2D eigenvalue weighted by atomic mass is 16.5. The lowest BCUT2D eigenvalue weighted by molar-refractivity contribution is -0.159. The van der Waals surface area contributed by atoms with Crippen molar-refractivity contribution in [3.8, 4) is 0 Å². The first-order chi connectivity index (χ1) is 10.4. The van der Waals surface area contributed by atoms with Crippen LogP contribution in [0.1, 0.15) is 32.3 Å². The van der Waals surface area contributed by atoms with E-state index in [0.717, 1.165) is 5.56 Å². The summed E-state index contributed by atoms with van der Waals surface area (Å²) in [7, 11) is 0. The van der Waals surface area contributed by atoms with Crippen LogP contribution in [0.15, 0.2) is 30.3 Å². The van der Waals surface area contributed by atoms with Gasteiger partial charge in [0.1, 0.15) is 6.61 Å². The Kier molecular flexibility index (Phi) is 5.06. The number of hydrogen-bond donors (Lipinski definition) is 2. The predicted molar refractivity (Wildman–Crippen MR) is 82.3 cm³/mol. The minimum Gasteiger partial charge on any atom is -0.481 e. The third kappa shape index (κ3) is 3.78. The lowest BCUT2D eigenvalue weighted by Gasteiger charge is -2.46. The van der Waals surface area contributed by atoms with Gasteiger partial charge in [0.25, 0.3) is 0 Å². The standard InChI is InChI=1S/C17H23NO4/c1-12(2)14-8-17(9-14,15(19)20)11-18-16(21)22-10-13-6-4-3-5-7-13/h3-7,12,14H,8-11H2,1-2H3,(H,18,21)(H,19,20). The summed E-state index contributed by atoms with van der Waals surface area (Å²) in [5.74, 6) is 0.0449. The topological polar surface area (TPSA) is 75.6 Å². The number of aliphatic carboxylic acids is 1. The summed E-state index contributed by atoms with van der Waals surface area (Å²) < 4.78 is 5.10. The van der Waals surface area contributed by atoms with Crippen molar-refractivity contribution in [1.29, 1.82) is 0 Å². The second kappa shape index (κ2) is 6.81. The third-order valence-electron chi connectivity index (χ3n) is 4.49. The number of carboxylic acids is 1. The minimum absolute atomic E-state index is 0.124. The molecule has 0 bridgehead atoms. The lowest BCUT2D eigenvalue weighted by atomic mass is 9.58. The van der Waals surface area contributed by atoms with Gasteiger partial charge in [-0.2, -0.15) is 0 Å². The van der Waals surface area contributed by atoms with Gasteiger partial charge in [-0.15, -0.1) is 0 Å². The maximum absolute atomic E-state index is 11.7. The van der Waals surface area contributed by atoms with Crippen LogP contribution in [0.25, 0.3) is 0 Å². The van der Waals surface area contributed by atoms with Gasteiger partial charge in [0, 0.05) is 6.54 Å². The summed E-state index contributed by atoms with van der Waals surface area (Å²) in [5, 5.41) is 12.0. The number of ether oxygens (including phenoxy) is 1. The molecular formula is C17H23NO4. The van der Waals surface area contributed by atoms with Crippen molar-refractivity contribution in [2.45, 2.75) is 33.3 Å². The van der Waals surface area contributed by atoms with Crippen LogP contribution >= 0.6 is 0 Å². The highest BCUT2D eigenvalue weighted by Gasteiger charge is 2.51. The van der Waals surface area contributed by atoms with Crippen molar-refractivity contribution < 1.29 is 19.4 Å². The van der Waals surface area contributed by atoms with Gasteiger partial charge in [0.2, 0.25) is 0 Å². The van der Waals surface area contributed by atoms with Gasteiger partial charge in [-0.1, -0.05) is 44.2 Å². The number of carbonyl (C=O) groups excluding carboxylic acids is 1. The van der Waals surface area contributed by atoms with Crippen molar-refractivity contribution in [2.75, 3.05) is 6.54 Å². The number of rotatable bonds is 6. The SMILES string of the molecule is CC(C)C1CC(CNC(=O)OCc2ccccc2)(C(=O)O)C1. The molecule has 1 amide bonds. The molecule has 0 heterocycles. The van der Waals surface area contributed by atoms with Crippen LogP contribution in [0.4, 0.5) is 4.79 Å². The molecule has 2 N–H and O–H groups in total. The molecule has 0 atom stereocenters. The number of benzene rings is 1. The average molecular weight is 305 g/mol. The molecule has 120 valence electrons. The Labute approximate surface area is 130 Å². The maximum Gasteiger partial charge on any atom is 0.407 e. The average Bonchev–Trinajstić information content (AvgIpc) is 2.44. The molecule has 0 spiro atoms. The Balaban J connectivity index is 1.78. The van der Waals surface area contributed by atoms with Crippen LogP contribution in [0.5, 0.6) is 0 Å². The molecule has 1 saturated carbocycles. The first-order valence-corrected chi connectivity index (χ1v) is 7.61. The van der Waals surface area contributed by atoms with Gasteiger partial charge in [-0.05, 0) is 30.2 Å². The van der Waals surface area contributed by atoms with Gasteiger partial charge in [0.05, 0.1) is 5.41 Å². The van der Waals surface area contributed by atoms with E-state index in [9.17, 15) is 14.7 Å². The zero-order valence-corrected chi connectivity index (χ0v) is 13.0. The Morgan fingerprint density at radius 3 is 2.50 bits per heavy atom. The van der Waals surface area contributed by atoms with E-state index in [4.69, 9.17) is 4.74 Å². The number of alkyl carbamates (subject to hydrolysis) is 1. The van der Waals surface area contributed by atoms with Crippen LogP contribution in [0, 0.1) is 17.3 Å². The van der Waals surface area contributed by atoms with Gasteiger partial charge < -0.3 is 15.2 Å². The van der Waals surface area contributed by atoms with Crippen molar-refractivity contribution in [3.05, 3.63) is 35.9 Å². The minimum atomic E-state index is -0.840. The van der Waals surface area contributed by atoms with E-state index in [2.05, 4.69) is 19.2 Å². The van der Waals surface area contributed by atoms with E-state index in [1.807, 2.05) is 30.3 Å². The first kappa shape index (κ1) is 16.3. The molecule has 1 fully saturated rings. The van der Waals surface area contributed by atoms with Gasteiger partial charge in [-0.3, -0.25) is 4.79 Å². The lowest BCUT2D eigenvalue weighted by Crippen LogP contribution is -2.52. The van der Waals surface area contributed by atoms with E-state index >= 15 is 0 Å². The molecule has 0 saturated heterocycles. The number of hydrogen-bond acceptors (Lipinski definition) is 3. The van der Waals surface area contributed by atoms with E-state index < -0.39 is 17.5 Å². The Morgan fingerprint density at radius 2 is 1.95 bits per heavy atom. The van der Waals surface area contributed by atoms with E-state index in [1.54, 1.807) is 0 Å². The van der Waals surface area contributed by atoms with Crippen molar-refractivity contribution in [2.24, 2.45) is 17.3 Å². The van der Waals surface area contributed by atoms with Crippen LogP contribution in [0.2, 0.25) is 0 Å². The van der Waals surface area contributed by atoms with Gasteiger partial charge in [-0.25, -0.2) is 4.79 Å². The number of amides is 1. The molecule has 0 aliphatic heterocycles. The molecule has 1 aliphatic rings. The molecule has 0 unspecified atom stereocenters. The fourth-order valence-electron chi connectivity index (χ4n) is 2.83. The molecule has 22 heavy (non-hydrogen) atoms. The highest BCUT2D eigenvalue weighted by molar-refractivity contribution is 5.77. The van der Waals surface area contributed by atoms with Crippen LogP contribution < -0.4 is 5.32 Å². The van der Waals surface area contributed by atoms with Crippen molar-refractivity contribution in [1.82, 2.24) is 5.32 Å². The van der Waals surface area contributed by atoms with E-state index in [0.29, 0.717) is 24.7 Å². The second-order valence-corrected chi connectivity index (χ2v) is 6.41. The van der Waals surface area contributed by atoms with E-state index in [-0.39, 0.29) is 13.2 Å². The largest absolute Gasteiger partial charge is 0.481 e. The first-order valence-electron chi connectivity index (χ1n) is 7.61. The zero-order valence-electron chi connectivity index (χ0n) is 13.0. The smallest absolute Gasteiger partial charge is 0.407 e. The summed E-state index contributed by atoms with van der Waals surface area (Å²) in [6.07, 6.45) is 0.648. The molecule has 5 heteroatoms. The normalized spacial score (nSPS) is 23.7. The number of nitrogens with one attached hydrogen (secondary N) is 1. The fraction of sp³-hybridized carbons (Fsp3) is 0.529. The quantitative estimate of drug-likeness (QED) is 0.847. The van der Waals surface area contributed by atoms with Crippen molar-refractivity contribution in [3.63, 3.8) is 0 Å². The fourth-order valence-corrected chi connectivity index (χ4v) is 2.83. The van der Waals surface area contributed by atoms with E-state index in [1.165, 1.54) is 0 Å². The molecule has 1 aromatic rings. The Morgan fingerprint density at radius 1 is 1.32 bits per heavy atom. The molecule has 0 aromatic heterocycles. The number of carboxylic acid groups (broad SMARTS) is 1. The van der Waals surface area contributed by atoms with Crippen LogP contribution in [-0.4, -0.2) is 23.7 Å². The summed E-state index contributed by atoms with van der Waals surface area (Å²) in [6, 6.07) is 9.37. The molecule has 1 aliphatic carbocycles. The molecule has 2 rings (SSSR count).